The molecule has 0 aliphatic carbocycles. The SMILES string of the molecule is CC1Cn2nc(-c3ccc(Cl)c(Cl)c3)c(C(=O)Nc3ccc(C#N)cc3)c2CN1C(N)=O. The quantitative estimate of drug-likeness (QED) is 0.596. The van der Waals surface area contributed by atoms with Gasteiger partial charge in [0.1, 0.15) is 5.69 Å². The predicted octanol–water partition coefficient (Wildman–Crippen LogP) is 4.26. The fourth-order valence-corrected chi connectivity index (χ4v) is 3.97. The molecule has 1 atom stereocenters. The number of nitriles is 1. The number of benzene rings is 2. The predicted molar refractivity (Wildman–Crippen MR) is 121 cm³/mol. The topological polar surface area (TPSA) is 117 Å². The lowest BCUT2D eigenvalue weighted by atomic mass is 10.0. The van der Waals surface area contributed by atoms with Crippen LogP contribution in [0.3, 0.4) is 0 Å². The van der Waals surface area contributed by atoms with E-state index in [4.69, 9.17) is 34.2 Å². The van der Waals surface area contributed by atoms with Crippen LogP contribution in [-0.4, -0.2) is 32.7 Å². The number of carbonyl (C=O) groups is 2. The average Bonchev–Trinajstić information content (AvgIpc) is 3.13. The summed E-state index contributed by atoms with van der Waals surface area (Å²) < 4.78 is 1.72. The first-order valence-electron chi connectivity index (χ1n) is 9.71. The molecule has 3 amide bonds. The summed E-state index contributed by atoms with van der Waals surface area (Å²) in [6.45, 7) is 2.39. The first kappa shape index (κ1) is 21.7. The van der Waals surface area contributed by atoms with Gasteiger partial charge in [0.25, 0.3) is 5.91 Å². The smallest absolute Gasteiger partial charge is 0.315 e. The van der Waals surface area contributed by atoms with Crippen LogP contribution in [-0.2, 0) is 13.1 Å². The van der Waals surface area contributed by atoms with Gasteiger partial charge in [-0.1, -0.05) is 29.3 Å². The highest BCUT2D eigenvalue weighted by Crippen LogP contribution is 2.33. The third-order valence-electron chi connectivity index (χ3n) is 5.32. The van der Waals surface area contributed by atoms with Gasteiger partial charge >= 0.3 is 6.03 Å². The van der Waals surface area contributed by atoms with Gasteiger partial charge in [-0.25, -0.2) is 4.79 Å². The number of halogens is 2. The lowest BCUT2D eigenvalue weighted by molar-refractivity contribution is 0.102. The Morgan fingerprint density at radius 2 is 1.91 bits per heavy atom. The van der Waals surface area contributed by atoms with Crippen LogP contribution in [0, 0.1) is 11.3 Å². The van der Waals surface area contributed by atoms with Gasteiger partial charge in [-0.05, 0) is 43.3 Å². The van der Waals surface area contributed by atoms with Crippen molar-refractivity contribution in [3.05, 3.63) is 69.3 Å². The van der Waals surface area contributed by atoms with Crippen molar-refractivity contribution in [1.82, 2.24) is 14.7 Å². The van der Waals surface area contributed by atoms with Crippen LogP contribution in [0.4, 0.5) is 10.5 Å². The minimum absolute atomic E-state index is 0.140. The van der Waals surface area contributed by atoms with E-state index in [1.807, 2.05) is 13.0 Å². The minimum atomic E-state index is -0.570. The van der Waals surface area contributed by atoms with Crippen molar-refractivity contribution in [3.8, 4) is 17.3 Å². The van der Waals surface area contributed by atoms with E-state index in [0.29, 0.717) is 50.4 Å². The van der Waals surface area contributed by atoms with Gasteiger partial charge in [0.2, 0.25) is 0 Å². The lowest BCUT2D eigenvalue weighted by Crippen LogP contribution is -2.47. The van der Waals surface area contributed by atoms with Crippen molar-refractivity contribution in [2.45, 2.75) is 26.1 Å². The molecule has 4 rings (SSSR count). The Bertz CT molecular complexity index is 1260. The molecule has 0 saturated carbocycles. The molecule has 0 fully saturated rings. The number of urea groups is 1. The number of amides is 3. The summed E-state index contributed by atoms with van der Waals surface area (Å²) in [4.78, 5) is 26.8. The number of hydrogen-bond acceptors (Lipinski definition) is 4. The Labute approximate surface area is 194 Å². The summed E-state index contributed by atoms with van der Waals surface area (Å²) in [5.74, 6) is -0.406. The molecule has 3 aromatic rings. The zero-order valence-corrected chi connectivity index (χ0v) is 18.5. The molecule has 1 aromatic heterocycles. The number of anilines is 1. The number of rotatable bonds is 3. The van der Waals surface area contributed by atoms with Gasteiger partial charge < -0.3 is 16.0 Å². The van der Waals surface area contributed by atoms with Crippen LogP contribution in [0.5, 0.6) is 0 Å². The Balaban J connectivity index is 1.80. The number of fused-ring (bicyclic) bond motifs is 1. The van der Waals surface area contributed by atoms with Crippen LogP contribution in [0.15, 0.2) is 42.5 Å². The molecule has 0 radical (unpaired) electrons. The summed E-state index contributed by atoms with van der Waals surface area (Å²) in [7, 11) is 0. The van der Waals surface area contributed by atoms with Crippen LogP contribution in [0.2, 0.25) is 10.0 Å². The number of hydrogen-bond donors (Lipinski definition) is 2. The molecule has 0 spiro atoms. The first-order chi connectivity index (χ1) is 15.3. The van der Waals surface area contributed by atoms with Crippen molar-refractivity contribution < 1.29 is 9.59 Å². The van der Waals surface area contributed by atoms with E-state index in [1.54, 1.807) is 47.1 Å². The molecule has 1 aliphatic rings. The first-order valence-corrected chi connectivity index (χ1v) is 10.5. The molecular formula is C22H18Cl2N6O2. The minimum Gasteiger partial charge on any atom is -0.351 e. The van der Waals surface area contributed by atoms with Crippen LogP contribution < -0.4 is 11.1 Å². The second-order valence-corrected chi connectivity index (χ2v) is 8.25. The number of nitrogens with zero attached hydrogens (tertiary/aromatic N) is 4. The van der Waals surface area contributed by atoms with Crippen molar-refractivity contribution in [3.63, 3.8) is 0 Å². The summed E-state index contributed by atoms with van der Waals surface area (Å²) >= 11 is 12.3. The highest BCUT2D eigenvalue weighted by Gasteiger charge is 2.33. The van der Waals surface area contributed by atoms with Crippen LogP contribution in [0.1, 0.15) is 28.5 Å². The molecule has 32 heavy (non-hydrogen) atoms. The Morgan fingerprint density at radius 3 is 2.53 bits per heavy atom. The fourth-order valence-electron chi connectivity index (χ4n) is 3.68. The maximum Gasteiger partial charge on any atom is 0.315 e. The normalized spacial score (nSPS) is 15.1. The van der Waals surface area contributed by atoms with Crippen LogP contribution >= 0.6 is 23.2 Å². The third-order valence-corrected chi connectivity index (χ3v) is 6.06. The van der Waals surface area contributed by atoms with E-state index >= 15 is 0 Å². The van der Waals surface area contributed by atoms with E-state index in [-0.39, 0.29) is 12.6 Å². The number of nitrogens with one attached hydrogen (secondary N) is 1. The molecular weight excluding hydrogens is 451 g/mol. The Hall–Kier alpha value is -3.54. The molecule has 1 aliphatic heterocycles. The molecule has 8 nitrogen and oxygen atoms in total. The Kier molecular flexibility index (Phi) is 5.78. The Morgan fingerprint density at radius 1 is 1.19 bits per heavy atom. The standard InChI is InChI=1S/C22H18Cl2N6O2/c1-12-10-30-18(11-29(12)22(26)32)19(20(28-30)14-4-7-16(23)17(24)8-14)21(31)27-15-5-2-13(9-25)3-6-15/h2-8,12H,10-11H2,1H3,(H2,26,32)(H,27,31). The van der Waals surface area contributed by atoms with Gasteiger partial charge in [-0.2, -0.15) is 10.4 Å². The van der Waals surface area contributed by atoms with Crippen molar-refractivity contribution in [2.75, 3.05) is 5.32 Å². The molecule has 3 N–H and O–H groups in total. The fraction of sp³-hybridized carbons (Fsp3) is 0.182. The molecule has 0 saturated heterocycles. The highest BCUT2D eigenvalue weighted by atomic mass is 35.5. The van der Waals surface area contributed by atoms with E-state index in [2.05, 4.69) is 10.4 Å². The van der Waals surface area contributed by atoms with Gasteiger partial charge in [-0.3, -0.25) is 9.48 Å². The molecule has 2 heterocycles. The van der Waals surface area contributed by atoms with E-state index in [1.165, 1.54) is 4.90 Å². The molecule has 1 unspecified atom stereocenters. The average molecular weight is 469 g/mol. The summed E-state index contributed by atoms with van der Waals surface area (Å²) in [5, 5.41) is 17.2. The van der Waals surface area contributed by atoms with Crippen molar-refractivity contribution in [1.29, 1.82) is 5.26 Å². The van der Waals surface area contributed by atoms with Gasteiger partial charge in [0.05, 0.1) is 52.1 Å². The number of carbonyl (C=O) groups excluding carboxylic acids is 2. The lowest BCUT2D eigenvalue weighted by Gasteiger charge is -2.32. The van der Waals surface area contributed by atoms with Gasteiger partial charge in [0, 0.05) is 11.3 Å². The highest BCUT2D eigenvalue weighted by molar-refractivity contribution is 6.42. The monoisotopic (exact) mass is 468 g/mol. The summed E-state index contributed by atoms with van der Waals surface area (Å²) in [6.07, 6.45) is 0. The van der Waals surface area contributed by atoms with Crippen molar-refractivity contribution in [2.24, 2.45) is 5.73 Å². The summed E-state index contributed by atoms with van der Waals surface area (Å²) in [5.41, 5.74) is 8.45. The van der Waals surface area contributed by atoms with Gasteiger partial charge in [0.15, 0.2) is 0 Å². The van der Waals surface area contributed by atoms with Crippen LogP contribution in [0.25, 0.3) is 11.3 Å². The second-order valence-electron chi connectivity index (χ2n) is 7.44. The molecule has 0 bridgehead atoms. The number of aromatic nitrogens is 2. The second kappa shape index (κ2) is 8.54. The zero-order valence-electron chi connectivity index (χ0n) is 17.0. The maximum absolute atomic E-state index is 13.4. The van der Waals surface area contributed by atoms with Crippen molar-refractivity contribution >= 4 is 40.8 Å². The van der Waals surface area contributed by atoms with E-state index in [9.17, 15) is 9.59 Å². The number of primary amides is 1. The third kappa shape index (κ3) is 4.00. The molecule has 162 valence electrons. The van der Waals surface area contributed by atoms with Gasteiger partial charge in [-0.15, -0.1) is 0 Å². The number of nitrogens with two attached hydrogens (primary N) is 1. The molecule has 10 heteroatoms. The zero-order chi connectivity index (χ0) is 23.0. The van der Waals surface area contributed by atoms with E-state index < -0.39 is 11.9 Å². The maximum atomic E-state index is 13.4. The largest absolute Gasteiger partial charge is 0.351 e. The molecule has 2 aromatic carbocycles. The summed E-state index contributed by atoms with van der Waals surface area (Å²) in [6, 6.07) is 12.8. The van der Waals surface area contributed by atoms with E-state index in [0.717, 1.165) is 0 Å².